The number of anilines is 1. The van der Waals surface area contributed by atoms with Crippen LogP contribution >= 0.6 is 0 Å². The monoisotopic (exact) mass is 261 g/mol. The standard InChI is InChI=1S/C12H11N3O4/c13-7-8-6-9(2-3-10(8)15(18)19)14-12(11(16)17)4-1-5-12/h2-3,6,14H,1,4-5H2,(H,16,17). The Morgan fingerprint density at radius 3 is 2.63 bits per heavy atom. The van der Waals surface area contributed by atoms with Gasteiger partial charge in [-0.2, -0.15) is 5.26 Å². The molecule has 0 unspecified atom stereocenters. The summed E-state index contributed by atoms with van der Waals surface area (Å²) in [5.41, 5.74) is -0.979. The van der Waals surface area contributed by atoms with E-state index in [1.165, 1.54) is 18.2 Å². The minimum absolute atomic E-state index is 0.0881. The van der Waals surface area contributed by atoms with Crippen molar-refractivity contribution in [3.8, 4) is 6.07 Å². The van der Waals surface area contributed by atoms with Crippen molar-refractivity contribution in [3.05, 3.63) is 33.9 Å². The van der Waals surface area contributed by atoms with Gasteiger partial charge in [-0.05, 0) is 31.4 Å². The highest BCUT2D eigenvalue weighted by molar-refractivity contribution is 5.84. The predicted octanol–water partition coefficient (Wildman–Crippen LogP) is 1.89. The van der Waals surface area contributed by atoms with Gasteiger partial charge in [-0.15, -0.1) is 0 Å². The summed E-state index contributed by atoms with van der Waals surface area (Å²) in [6.07, 6.45) is 1.82. The lowest BCUT2D eigenvalue weighted by atomic mass is 9.76. The van der Waals surface area contributed by atoms with E-state index < -0.39 is 16.4 Å². The molecule has 1 aliphatic rings. The van der Waals surface area contributed by atoms with Crippen molar-refractivity contribution in [1.82, 2.24) is 0 Å². The lowest BCUT2D eigenvalue weighted by Crippen LogP contribution is -2.52. The second-order valence-corrected chi connectivity index (χ2v) is 4.47. The molecule has 0 spiro atoms. The maximum absolute atomic E-state index is 11.2. The normalized spacial score (nSPS) is 15.9. The highest BCUT2D eigenvalue weighted by atomic mass is 16.6. The molecule has 1 aliphatic carbocycles. The van der Waals surface area contributed by atoms with E-state index in [0.29, 0.717) is 18.5 Å². The molecule has 19 heavy (non-hydrogen) atoms. The molecular weight excluding hydrogens is 250 g/mol. The minimum atomic E-state index is -1.01. The molecule has 2 rings (SSSR count). The highest BCUT2D eigenvalue weighted by Crippen LogP contribution is 2.36. The fourth-order valence-electron chi connectivity index (χ4n) is 2.06. The van der Waals surface area contributed by atoms with Crippen LogP contribution in [0.2, 0.25) is 0 Å². The van der Waals surface area contributed by atoms with Crippen LogP contribution in [-0.4, -0.2) is 21.5 Å². The first-order chi connectivity index (χ1) is 8.98. The first-order valence-corrected chi connectivity index (χ1v) is 5.69. The molecule has 0 saturated heterocycles. The van der Waals surface area contributed by atoms with E-state index in [-0.39, 0.29) is 11.3 Å². The van der Waals surface area contributed by atoms with Crippen molar-refractivity contribution in [2.24, 2.45) is 0 Å². The second-order valence-electron chi connectivity index (χ2n) is 4.47. The van der Waals surface area contributed by atoms with Crippen molar-refractivity contribution in [1.29, 1.82) is 5.26 Å². The van der Waals surface area contributed by atoms with Crippen molar-refractivity contribution in [2.45, 2.75) is 24.8 Å². The summed E-state index contributed by atoms with van der Waals surface area (Å²) in [7, 11) is 0. The molecule has 1 aromatic carbocycles. The summed E-state index contributed by atoms with van der Waals surface area (Å²) in [6.45, 7) is 0. The van der Waals surface area contributed by atoms with Crippen molar-refractivity contribution >= 4 is 17.3 Å². The van der Waals surface area contributed by atoms with Crippen LogP contribution in [0.4, 0.5) is 11.4 Å². The summed E-state index contributed by atoms with van der Waals surface area (Å²) < 4.78 is 0. The zero-order valence-electron chi connectivity index (χ0n) is 9.92. The SMILES string of the molecule is N#Cc1cc(NC2(C(=O)O)CCC2)ccc1[N+](=O)[O-]. The second kappa shape index (κ2) is 4.57. The number of rotatable bonds is 4. The van der Waals surface area contributed by atoms with Gasteiger partial charge < -0.3 is 10.4 Å². The predicted molar refractivity (Wildman–Crippen MR) is 65.7 cm³/mol. The molecule has 2 N–H and O–H groups in total. The molecule has 0 heterocycles. The van der Waals surface area contributed by atoms with E-state index in [1.807, 2.05) is 0 Å². The number of benzene rings is 1. The zero-order valence-corrected chi connectivity index (χ0v) is 9.92. The third kappa shape index (κ3) is 2.20. The molecule has 7 nitrogen and oxygen atoms in total. The number of carboxylic acid groups (broad SMARTS) is 1. The summed E-state index contributed by atoms with van der Waals surface area (Å²) in [6, 6.07) is 5.67. The Balaban J connectivity index is 2.30. The first-order valence-electron chi connectivity index (χ1n) is 5.69. The summed E-state index contributed by atoms with van der Waals surface area (Å²) in [5, 5.41) is 31.6. The lowest BCUT2D eigenvalue weighted by molar-refractivity contribution is -0.385. The molecule has 0 amide bonds. The summed E-state index contributed by atoms with van der Waals surface area (Å²) in [4.78, 5) is 21.3. The van der Waals surface area contributed by atoms with Gasteiger partial charge in [-0.1, -0.05) is 0 Å². The molecular formula is C12H11N3O4. The van der Waals surface area contributed by atoms with Crippen LogP contribution in [0.1, 0.15) is 24.8 Å². The van der Waals surface area contributed by atoms with Crippen LogP contribution in [-0.2, 0) is 4.79 Å². The van der Waals surface area contributed by atoms with Crippen LogP contribution in [0.3, 0.4) is 0 Å². The maximum atomic E-state index is 11.2. The number of carbonyl (C=O) groups is 1. The van der Waals surface area contributed by atoms with Crippen LogP contribution in [0.25, 0.3) is 0 Å². The van der Waals surface area contributed by atoms with Gasteiger partial charge in [0.15, 0.2) is 0 Å². The summed E-state index contributed by atoms with van der Waals surface area (Å²) >= 11 is 0. The topological polar surface area (TPSA) is 116 Å². The van der Waals surface area contributed by atoms with Gasteiger partial charge in [0.05, 0.1) is 4.92 Å². The zero-order chi connectivity index (χ0) is 14.0. The summed E-state index contributed by atoms with van der Waals surface area (Å²) in [5.74, 6) is -0.949. The van der Waals surface area contributed by atoms with E-state index in [0.717, 1.165) is 6.42 Å². The molecule has 1 fully saturated rings. The van der Waals surface area contributed by atoms with Crippen LogP contribution in [0.5, 0.6) is 0 Å². The van der Waals surface area contributed by atoms with Crippen molar-refractivity contribution < 1.29 is 14.8 Å². The average Bonchev–Trinajstić information content (AvgIpc) is 2.32. The van der Waals surface area contributed by atoms with Gasteiger partial charge in [0, 0.05) is 11.8 Å². The van der Waals surface area contributed by atoms with E-state index in [9.17, 15) is 20.0 Å². The Morgan fingerprint density at radius 2 is 2.21 bits per heavy atom. The number of carboxylic acids is 1. The first kappa shape index (κ1) is 12.8. The van der Waals surface area contributed by atoms with Gasteiger partial charge in [-0.25, -0.2) is 4.79 Å². The number of nitro benzene ring substituents is 1. The van der Waals surface area contributed by atoms with Crippen LogP contribution < -0.4 is 5.32 Å². The number of aliphatic carboxylic acids is 1. The van der Waals surface area contributed by atoms with E-state index in [2.05, 4.69) is 5.32 Å². The van der Waals surface area contributed by atoms with Gasteiger partial charge >= 0.3 is 5.97 Å². The van der Waals surface area contributed by atoms with E-state index in [4.69, 9.17) is 5.26 Å². The van der Waals surface area contributed by atoms with E-state index >= 15 is 0 Å². The number of nitrogens with zero attached hydrogens (tertiary/aromatic N) is 2. The molecule has 7 heteroatoms. The number of nitro groups is 1. The smallest absolute Gasteiger partial charge is 0.329 e. The molecule has 98 valence electrons. The Hall–Kier alpha value is -2.62. The van der Waals surface area contributed by atoms with Crippen molar-refractivity contribution in [2.75, 3.05) is 5.32 Å². The molecule has 0 aliphatic heterocycles. The van der Waals surface area contributed by atoms with Gasteiger partial charge in [0.25, 0.3) is 5.69 Å². The Morgan fingerprint density at radius 1 is 1.53 bits per heavy atom. The van der Waals surface area contributed by atoms with Crippen LogP contribution in [0.15, 0.2) is 18.2 Å². The van der Waals surface area contributed by atoms with E-state index in [1.54, 1.807) is 6.07 Å². The fourth-order valence-corrected chi connectivity index (χ4v) is 2.06. The molecule has 1 aromatic rings. The fraction of sp³-hybridized carbons (Fsp3) is 0.333. The average molecular weight is 261 g/mol. The third-order valence-corrected chi connectivity index (χ3v) is 3.31. The number of nitrogens with one attached hydrogen (secondary N) is 1. The maximum Gasteiger partial charge on any atom is 0.329 e. The minimum Gasteiger partial charge on any atom is -0.480 e. The van der Waals surface area contributed by atoms with Crippen LogP contribution in [0, 0.1) is 21.4 Å². The highest BCUT2D eigenvalue weighted by Gasteiger charge is 2.44. The van der Waals surface area contributed by atoms with Gasteiger partial charge in [0.1, 0.15) is 17.2 Å². The number of hydrogen-bond acceptors (Lipinski definition) is 5. The number of hydrogen-bond donors (Lipinski definition) is 2. The van der Waals surface area contributed by atoms with Gasteiger partial charge in [0.2, 0.25) is 0 Å². The molecule has 0 atom stereocenters. The van der Waals surface area contributed by atoms with Crippen molar-refractivity contribution in [3.63, 3.8) is 0 Å². The Labute approximate surface area is 108 Å². The lowest BCUT2D eigenvalue weighted by Gasteiger charge is -2.39. The Kier molecular flexibility index (Phi) is 3.09. The van der Waals surface area contributed by atoms with Gasteiger partial charge in [-0.3, -0.25) is 10.1 Å². The molecule has 0 bridgehead atoms. The molecule has 0 radical (unpaired) electrons. The quantitative estimate of drug-likeness (QED) is 0.631. The number of nitriles is 1. The molecule has 0 aromatic heterocycles. The third-order valence-electron chi connectivity index (χ3n) is 3.31. The largest absolute Gasteiger partial charge is 0.480 e. The Bertz CT molecular complexity index is 587. The molecule has 1 saturated carbocycles.